The Morgan fingerprint density at radius 2 is 1.61 bits per heavy atom. The van der Waals surface area contributed by atoms with Crippen molar-refractivity contribution in [3.63, 3.8) is 0 Å². The standard InChI is InChI=1S/C21H26N2O3.2ClH/c24-19(17-8-9-20-21(15-17)26-16-25-20)7-4-10-22-11-13-23(14-12-22)18-5-2-1-3-6-18;;/h1-3,5-6,8-9,15,19,24H,4,7,10-14,16H2;2*1H. The quantitative estimate of drug-likeness (QED) is 0.758. The van der Waals surface area contributed by atoms with E-state index in [9.17, 15) is 5.11 Å². The van der Waals surface area contributed by atoms with Crippen molar-refractivity contribution in [1.29, 1.82) is 0 Å². The predicted octanol–water partition coefficient (Wildman–Crippen LogP) is 3.89. The maximum absolute atomic E-state index is 10.4. The summed E-state index contributed by atoms with van der Waals surface area (Å²) in [4.78, 5) is 4.93. The minimum Gasteiger partial charge on any atom is -0.454 e. The van der Waals surface area contributed by atoms with Crippen LogP contribution in [0.25, 0.3) is 0 Å². The molecule has 1 N–H and O–H groups in total. The van der Waals surface area contributed by atoms with Crippen LogP contribution in [0.3, 0.4) is 0 Å². The zero-order valence-electron chi connectivity index (χ0n) is 15.8. The molecule has 0 radical (unpaired) electrons. The summed E-state index contributed by atoms with van der Waals surface area (Å²) in [5.41, 5.74) is 2.22. The second-order valence-corrected chi connectivity index (χ2v) is 6.93. The van der Waals surface area contributed by atoms with E-state index in [2.05, 4.69) is 40.1 Å². The number of benzene rings is 2. The van der Waals surface area contributed by atoms with Gasteiger partial charge >= 0.3 is 0 Å². The molecule has 2 aromatic carbocycles. The molecule has 1 saturated heterocycles. The Hall–Kier alpha value is -1.66. The lowest BCUT2D eigenvalue weighted by Crippen LogP contribution is -2.46. The highest BCUT2D eigenvalue weighted by Gasteiger charge is 2.19. The van der Waals surface area contributed by atoms with Gasteiger partial charge in [0.15, 0.2) is 11.5 Å². The third-order valence-electron chi connectivity index (χ3n) is 5.23. The fourth-order valence-electron chi connectivity index (χ4n) is 3.66. The summed E-state index contributed by atoms with van der Waals surface area (Å²) < 4.78 is 10.7. The Labute approximate surface area is 179 Å². The van der Waals surface area contributed by atoms with Gasteiger partial charge in [-0.1, -0.05) is 24.3 Å². The molecule has 0 amide bonds. The molecular weight excluding hydrogens is 399 g/mol. The van der Waals surface area contributed by atoms with E-state index in [1.165, 1.54) is 5.69 Å². The first-order valence-corrected chi connectivity index (χ1v) is 9.39. The molecule has 0 aliphatic carbocycles. The number of anilines is 1. The van der Waals surface area contributed by atoms with Crippen LogP contribution in [-0.2, 0) is 0 Å². The number of fused-ring (bicyclic) bond motifs is 1. The van der Waals surface area contributed by atoms with E-state index < -0.39 is 6.10 Å². The van der Waals surface area contributed by atoms with Crippen LogP contribution in [-0.4, -0.2) is 49.5 Å². The zero-order chi connectivity index (χ0) is 17.8. The van der Waals surface area contributed by atoms with Crippen molar-refractivity contribution < 1.29 is 14.6 Å². The average Bonchev–Trinajstić information content (AvgIpc) is 3.17. The maximum Gasteiger partial charge on any atom is 0.231 e. The number of hydrogen-bond donors (Lipinski definition) is 1. The highest BCUT2D eigenvalue weighted by molar-refractivity contribution is 5.85. The molecular formula is C21H28Cl2N2O3. The third kappa shape index (κ3) is 5.45. The van der Waals surface area contributed by atoms with E-state index in [0.29, 0.717) is 0 Å². The fraction of sp³-hybridized carbons (Fsp3) is 0.429. The molecule has 1 fully saturated rings. The van der Waals surface area contributed by atoms with Crippen LogP contribution in [0.2, 0.25) is 0 Å². The summed E-state index contributed by atoms with van der Waals surface area (Å²) in [5.74, 6) is 1.50. The van der Waals surface area contributed by atoms with E-state index in [4.69, 9.17) is 9.47 Å². The summed E-state index contributed by atoms with van der Waals surface area (Å²) in [6.45, 7) is 5.58. The van der Waals surface area contributed by atoms with Crippen molar-refractivity contribution in [2.24, 2.45) is 0 Å². The van der Waals surface area contributed by atoms with Crippen LogP contribution in [0.15, 0.2) is 48.5 Å². The van der Waals surface area contributed by atoms with Gasteiger partial charge in [-0.05, 0) is 49.2 Å². The lowest BCUT2D eigenvalue weighted by Gasteiger charge is -2.36. The van der Waals surface area contributed by atoms with E-state index in [1.807, 2.05) is 18.2 Å². The number of para-hydroxylation sites is 1. The van der Waals surface area contributed by atoms with Crippen molar-refractivity contribution >= 4 is 30.5 Å². The average molecular weight is 427 g/mol. The Balaban J connectivity index is 0.00000140. The van der Waals surface area contributed by atoms with E-state index in [-0.39, 0.29) is 31.6 Å². The Morgan fingerprint density at radius 1 is 0.893 bits per heavy atom. The molecule has 5 nitrogen and oxygen atoms in total. The van der Waals surface area contributed by atoms with Crippen LogP contribution in [0, 0.1) is 0 Å². The van der Waals surface area contributed by atoms with Crippen molar-refractivity contribution in [2.45, 2.75) is 18.9 Å². The molecule has 4 rings (SSSR count). The number of hydrogen-bond acceptors (Lipinski definition) is 5. The van der Waals surface area contributed by atoms with E-state index in [1.54, 1.807) is 0 Å². The summed E-state index contributed by atoms with van der Waals surface area (Å²) in [7, 11) is 0. The van der Waals surface area contributed by atoms with Crippen molar-refractivity contribution in [2.75, 3.05) is 44.4 Å². The predicted molar refractivity (Wildman–Crippen MR) is 116 cm³/mol. The smallest absolute Gasteiger partial charge is 0.231 e. The molecule has 0 spiro atoms. The minimum atomic E-state index is -0.449. The van der Waals surface area contributed by atoms with E-state index >= 15 is 0 Å². The molecule has 0 saturated carbocycles. The molecule has 0 aromatic heterocycles. The number of piperazine rings is 1. The number of aliphatic hydroxyl groups excluding tert-OH is 1. The zero-order valence-corrected chi connectivity index (χ0v) is 17.5. The Bertz CT molecular complexity index is 725. The first-order chi connectivity index (χ1) is 12.8. The fourth-order valence-corrected chi connectivity index (χ4v) is 3.66. The second-order valence-electron chi connectivity index (χ2n) is 6.93. The topological polar surface area (TPSA) is 45.2 Å². The molecule has 0 bridgehead atoms. The Morgan fingerprint density at radius 3 is 2.36 bits per heavy atom. The van der Waals surface area contributed by atoms with Gasteiger partial charge in [-0.3, -0.25) is 4.90 Å². The van der Waals surface area contributed by atoms with Gasteiger partial charge in [-0.15, -0.1) is 24.8 Å². The lowest BCUT2D eigenvalue weighted by molar-refractivity contribution is 0.153. The van der Waals surface area contributed by atoms with Crippen LogP contribution >= 0.6 is 24.8 Å². The first-order valence-electron chi connectivity index (χ1n) is 9.39. The molecule has 154 valence electrons. The first kappa shape index (κ1) is 22.6. The van der Waals surface area contributed by atoms with Gasteiger partial charge < -0.3 is 19.5 Å². The van der Waals surface area contributed by atoms with Gasteiger partial charge in [-0.25, -0.2) is 0 Å². The lowest BCUT2D eigenvalue weighted by atomic mass is 10.0. The van der Waals surface area contributed by atoms with Crippen LogP contribution in [0.5, 0.6) is 11.5 Å². The van der Waals surface area contributed by atoms with Gasteiger partial charge in [0.1, 0.15) is 0 Å². The third-order valence-corrected chi connectivity index (χ3v) is 5.23. The Kier molecular flexibility index (Phi) is 8.70. The van der Waals surface area contributed by atoms with Crippen molar-refractivity contribution in [1.82, 2.24) is 4.90 Å². The highest BCUT2D eigenvalue weighted by atomic mass is 35.5. The number of halogens is 2. The molecule has 2 aliphatic heterocycles. The molecule has 1 atom stereocenters. The number of ether oxygens (including phenoxy) is 2. The van der Waals surface area contributed by atoms with Gasteiger partial charge in [-0.2, -0.15) is 0 Å². The highest BCUT2D eigenvalue weighted by Crippen LogP contribution is 2.35. The van der Waals surface area contributed by atoms with Gasteiger partial charge in [0.05, 0.1) is 6.10 Å². The number of aliphatic hydroxyl groups is 1. The molecule has 2 aromatic rings. The number of nitrogens with zero attached hydrogens (tertiary/aromatic N) is 2. The summed E-state index contributed by atoms with van der Waals surface area (Å²) in [6.07, 6.45) is 1.30. The van der Waals surface area contributed by atoms with Crippen molar-refractivity contribution in [3.8, 4) is 11.5 Å². The summed E-state index contributed by atoms with van der Waals surface area (Å²) in [5, 5.41) is 10.4. The molecule has 2 heterocycles. The van der Waals surface area contributed by atoms with Crippen molar-refractivity contribution in [3.05, 3.63) is 54.1 Å². The largest absolute Gasteiger partial charge is 0.454 e. The number of rotatable bonds is 6. The van der Waals surface area contributed by atoms with Gasteiger partial charge in [0.25, 0.3) is 0 Å². The maximum atomic E-state index is 10.4. The van der Waals surface area contributed by atoms with E-state index in [0.717, 1.165) is 62.6 Å². The van der Waals surface area contributed by atoms with Gasteiger partial charge in [0, 0.05) is 31.9 Å². The molecule has 7 heteroatoms. The normalized spacial score (nSPS) is 16.8. The van der Waals surface area contributed by atoms with Crippen LogP contribution < -0.4 is 14.4 Å². The van der Waals surface area contributed by atoms with Gasteiger partial charge in [0.2, 0.25) is 6.79 Å². The monoisotopic (exact) mass is 426 g/mol. The van der Waals surface area contributed by atoms with Crippen LogP contribution in [0.4, 0.5) is 5.69 Å². The molecule has 1 unspecified atom stereocenters. The summed E-state index contributed by atoms with van der Waals surface area (Å²) >= 11 is 0. The second kappa shape index (κ2) is 10.8. The molecule has 28 heavy (non-hydrogen) atoms. The minimum absolute atomic E-state index is 0. The van der Waals surface area contributed by atoms with Crippen LogP contribution in [0.1, 0.15) is 24.5 Å². The summed E-state index contributed by atoms with van der Waals surface area (Å²) in [6, 6.07) is 16.3. The molecule has 2 aliphatic rings. The SMILES string of the molecule is Cl.Cl.OC(CCCN1CCN(c2ccccc2)CC1)c1ccc2c(c1)OCO2.